The molecule has 0 saturated heterocycles. The number of rotatable bonds is 6. The van der Waals surface area contributed by atoms with Crippen LogP contribution in [0.3, 0.4) is 0 Å². The molecule has 0 aliphatic carbocycles. The lowest BCUT2D eigenvalue weighted by Crippen LogP contribution is -2.27. The van der Waals surface area contributed by atoms with Crippen LogP contribution in [-0.4, -0.2) is 20.6 Å². The molecule has 0 spiro atoms. The second kappa shape index (κ2) is 8.28. The molecule has 2 aromatic carbocycles. The second-order valence-corrected chi connectivity index (χ2v) is 6.85. The number of aromatic nitrogens is 3. The van der Waals surface area contributed by atoms with Crippen molar-refractivity contribution in [1.82, 2.24) is 20.0 Å². The van der Waals surface area contributed by atoms with Crippen LogP contribution in [0.15, 0.2) is 70.2 Å². The molecule has 0 atom stereocenters. The monoisotopic (exact) mass is 408 g/mol. The zero-order chi connectivity index (χ0) is 20.2. The Morgan fingerprint density at radius 1 is 1.10 bits per heavy atom. The fourth-order valence-electron chi connectivity index (χ4n) is 2.98. The zero-order valence-electron chi connectivity index (χ0n) is 15.3. The van der Waals surface area contributed by atoms with E-state index in [0.29, 0.717) is 22.6 Å². The van der Waals surface area contributed by atoms with E-state index in [1.807, 2.05) is 48.5 Å². The van der Waals surface area contributed by atoms with Crippen molar-refractivity contribution in [3.63, 3.8) is 0 Å². The Bertz CT molecular complexity index is 1220. The highest BCUT2D eigenvalue weighted by molar-refractivity contribution is 6.31. The van der Waals surface area contributed by atoms with Gasteiger partial charge in [0.25, 0.3) is 11.3 Å². The van der Waals surface area contributed by atoms with Crippen molar-refractivity contribution in [2.75, 3.05) is 0 Å². The van der Waals surface area contributed by atoms with Gasteiger partial charge in [-0.25, -0.2) is 4.98 Å². The Hall–Kier alpha value is -3.45. The maximum Gasteiger partial charge on any atom is 0.266 e. The van der Waals surface area contributed by atoms with Crippen LogP contribution < -0.4 is 10.9 Å². The zero-order valence-corrected chi connectivity index (χ0v) is 16.1. The molecule has 0 radical (unpaired) electrons. The van der Waals surface area contributed by atoms with Gasteiger partial charge in [-0.1, -0.05) is 65.3 Å². The van der Waals surface area contributed by atoms with E-state index in [2.05, 4.69) is 15.5 Å². The summed E-state index contributed by atoms with van der Waals surface area (Å²) in [7, 11) is 0. The molecule has 0 saturated carbocycles. The molecular weight excluding hydrogens is 392 g/mol. The van der Waals surface area contributed by atoms with Crippen LogP contribution in [-0.2, 0) is 17.9 Å². The van der Waals surface area contributed by atoms with Gasteiger partial charge in [0, 0.05) is 30.1 Å². The van der Waals surface area contributed by atoms with Gasteiger partial charge >= 0.3 is 0 Å². The van der Waals surface area contributed by atoms with Crippen LogP contribution in [0.5, 0.6) is 0 Å². The number of hydrogen-bond acceptors (Lipinski definition) is 5. The lowest BCUT2D eigenvalue weighted by Gasteiger charge is -2.08. The average Bonchev–Trinajstić information content (AvgIpc) is 3.18. The van der Waals surface area contributed by atoms with Crippen molar-refractivity contribution < 1.29 is 9.32 Å². The van der Waals surface area contributed by atoms with Crippen LogP contribution >= 0.6 is 11.6 Å². The number of amides is 1. The van der Waals surface area contributed by atoms with E-state index in [1.165, 1.54) is 10.9 Å². The molecular formula is C21H17ClN4O3. The molecule has 0 bridgehead atoms. The maximum absolute atomic E-state index is 12.9. The van der Waals surface area contributed by atoms with E-state index in [4.69, 9.17) is 16.1 Å². The standard InChI is InChI=1S/C21H17ClN4O3/c22-16-9-5-4-8-15(16)12-23-17(27)10-11-26-13-24-20-18(21(26)28)19(25-29-20)14-6-2-1-3-7-14/h1-9,13H,10-12H2,(H,23,27). The van der Waals surface area contributed by atoms with Gasteiger partial charge in [-0.15, -0.1) is 0 Å². The first-order chi connectivity index (χ1) is 14.1. The molecule has 2 aromatic heterocycles. The molecule has 29 heavy (non-hydrogen) atoms. The van der Waals surface area contributed by atoms with Crippen molar-refractivity contribution in [2.24, 2.45) is 0 Å². The minimum absolute atomic E-state index is 0.128. The number of halogens is 1. The Morgan fingerprint density at radius 2 is 1.86 bits per heavy atom. The largest absolute Gasteiger partial charge is 0.352 e. The van der Waals surface area contributed by atoms with Gasteiger partial charge < -0.3 is 9.84 Å². The minimum atomic E-state index is -0.297. The lowest BCUT2D eigenvalue weighted by molar-refractivity contribution is -0.121. The summed E-state index contributed by atoms with van der Waals surface area (Å²) in [6.07, 6.45) is 1.50. The SMILES string of the molecule is O=C(CCn1cnc2onc(-c3ccccc3)c2c1=O)NCc1ccccc1Cl. The van der Waals surface area contributed by atoms with Gasteiger partial charge in [-0.2, -0.15) is 0 Å². The fourth-order valence-corrected chi connectivity index (χ4v) is 3.18. The molecule has 146 valence electrons. The summed E-state index contributed by atoms with van der Waals surface area (Å²) in [5.74, 6) is -0.189. The van der Waals surface area contributed by atoms with Gasteiger partial charge in [0.1, 0.15) is 17.4 Å². The Kier molecular flexibility index (Phi) is 5.39. The molecule has 7 nitrogen and oxygen atoms in total. The van der Waals surface area contributed by atoms with E-state index in [0.717, 1.165) is 11.1 Å². The van der Waals surface area contributed by atoms with Crippen molar-refractivity contribution in [3.05, 3.63) is 81.9 Å². The van der Waals surface area contributed by atoms with E-state index < -0.39 is 0 Å². The first-order valence-electron chi connectivity index (χ1n) is 9.04. The first kappa shape index (κ1) is 18.9. The van der Waals surface area contributed by atoms with Crippen LogP contribution in [0.4, 0.5) is 0 Å². The highest BCUT2D eigenvalue weighted by Crippen LogP contribution is 2.23. The summed E-state index contributed by atoms with van der Waals surface area (Å²) in [6.45, 7) is 0.518. The third-order valence-electron chi connectivity index (χ3n) is 4.52. The normalized spacial score (nSPS) is 10.9. The number of nitrogens with zero attached hydrogens (tertiary/aromatic N) is 3. The van der Waals surface area contributed by atoms with E-state index in [9.17, 15) is 9.59 Å². The third kappa shape index (κ3) is 4.05. The van der Waals surface area contributed by atoms with E-state index >= 15 is 0 Å². The number of nitrogens with one attached hydrogen (secondary N) is 1. The molecule has 2 heterocycles. The Morgan fingerprint density at radius 3 is 2.66 bits per heavy atom. The number of carbonyl (C=O) groups excluding carboxylic acids is 1. The van der Waals surface area contributed by atoms with Crippen LogP contribution in [0, 0.1) is 0 Å². The molecule has 1 amide bonds. The fraction of sp³-hybridized carbons (Fsp3) is 0.143. The molecule has 4 aromatic rings. The summed E-state index contributed by atoms with van der Waals surface area (Å²) >= 11 is 6.09. The molecule has 0 aliphatic heterocycles. The molecule has 8 heteroatoms. The first-order valence-corrected chi connectivity index (χ1v) is 9.41. The summed E-state index contributed by atoms with van der Waals surface area (Å²) in [4.78, 5) is 29.2. The quantitative estimate of drug-likeness (QED) is 0.528. The second-order valence-electron chi connectivity index (χ2n) is 6.44. The number of hydrogen-bond donors (Lipinski definition) is 1. The van der Waals surface area contributed by atoms with Crippen molar-refractivity contribution in [2.45, 2.75) is 19.5 Å². The van der Waals surface area contributed by atoms with Crippen molar-refractivity contribution in [3.8, 4) is 11.3 Å². The molecule has 0 aliphatic rings. The molecule has 1 N–H and O–H groups in total. The maximum atomic E-state index is 12.9. The Balaban J connectivity index is 1.48. The molecule has 0 fully saturated rings. The van der Waals surface area contributed by atoms with Gasteiger partial charge in [0.05, 0.1) is 0 Å². The predicted octanol–water partition coefficient (Wildman–Crippen LogP) is 3.41. The number of carbonyl (C=O) groups is 1. The van der Waals surface area contributed by atoms with Gasteiger partial charge in [0.2, 0.25) is 5.91 Å². The summed E-state index contributed by atoms with van der Waals surface area (Å²) in [6, 6.07) is 16.6. The smallest absolute Gasteiger partial charge is 0.266 e. The predicted molar refractivity (Wildman–Crippen MR) is 109 cm³/mol. The van der Waals surface area contributed by atoms with E-state index in [1.54, 1.807) is 6.07 Å². The molecule has 0 unspecified atom stereocenters. The highest BCUT2D eigenvalue weighted by atomic mass is 35.5. The lowest BCUT2D eigenvalue weighted by atomic mass is 10.1. The molecule has 4 rings (SSSR count). The van der Waals surface area contributed by atoms with E-state index in [-0.39, 0.29) is 30.1 Å². The number of fused-ring (bicyclic) bond motifs is 1. The van der Waals surface area contributed by atoms with Crippen LogP contribution in [0.25, 0.3) is 22.4 Å². The van der Waals surface area contributed by atoms with Crippen LogP contribution in [0.1, 0.15) is 12.0 Å². The summed E-state index contributed by atoms with van der Waals surface area (Å²) in [5.41, 5.74) is 1.91. The summed E-state index contributed by atoms with van der Waals surface area (Å²) < 4.78 is 6.59. The third-order valence-corrected chi connectivity index (χ3v) is 4.89. The summed E-state index contributed by atoms with van der Waals surface area (Å²) in [5, 5.41) is 7.70. The van der Waals surface area contributed by atoms with Crippen molar-refractivity contribution in [1.29, 1.82) is 0 Å². The van der Waals surface area contributed by atoms with Crippen LogP contribution in [0.2, 0.25) is 5.02 Å². The van der Waals surface area contributed by atoms with Gasteiger partial charge in [-0.3, -0.25) is 14.2 Å². The van der Waals surface area contributed by atoms with Gasteiger partial charge in [0.15, 0.2) is 0 Å². The number of benzene rings is 2. The van der Waals surface area contributed by atoms with Gasteiger partial charge in [-0.05, 0) is 11.6 Å². The number of aryl methyl sites for hydroxylation is 1. The van der Waals surface area contributed by atoms with Crippen molar-refractivity contribution >= 4 is 28.6 Å². The average molecular weight is 409 g/mol. The topological polar surface area (TPSA) is 90.0 Å². The highest BCUT2D eigenvalue weighted by Gasteiger charge is 2.17. The minimum Gasteiger partial charge on any atom is -0.352 e. The Labute approximate surface area is 170 Å².